The molecule has 3 rings (SSSR count). The first-order valence-corrected chi connectivity index (χ1v) is 7.67. The van der Waals surface area contributed by atoms with Crippen LogP contribution in [0, 0.1) is 0 Å². The highest BCUT2D eigenvalue weighted by molar-refractivity contribution is 6.44. The summed E-state index contributed by atoms with van der Waals surface area (Å²) >= 11 is 12.1. The number of carbonyl (C=O) groups is 2. The van der Waals surface area contributed by atoms with E-state index in [2.05, 4.69) is 5.32 Å². The van der Waals surface area contributed by atoms with Gasteiger partial charge in [0.1, 0.15) is 0 Å². The van der Waals surface area contributed by atoms with Crippen LogP contribution in [0.1, 0.15) is 15.9 Å². The molecule has 1 atom stereocenters. The summed E-state index contributed by atoms with van der Waals surface area (Å²) in [5, 5.41) is 11.3. The minimum atomic E-state index is -5.08. The monoisotopic (exact) mass is 384 g/mol. The van der Waals surface area contributed by atoms with E-state index in [-0.39, 0.29) is 11.9 Å². The Morgan fingerprint density at radius 3 is 2.54 bits per heavy atom. The van der Waals surface area contributed by atoms with E-state index in [1.54, 1.807) is 6.07 Å². The third-order valence-corrected chi connectivity index (χ3v) is 4.51. The zero-order valence-corrected chi connectivity index (χ0v) is 13.7. The molecule has 5 nitrogen and oxygen atoms in total. The number of hydrogen-bond donors (Lipinski definition) is 2. The molecule has 1 fully saturated rings. The van der Waals surface area contributed by atoms with Crippen LogP contribution in [-0.4, -0.2) is 53.7 Å². The summed E-state index contributed by atoms with van der Waals surface area (Å²) in [6.07, 6.45) is -4.23. The van der Waals surface area contributed by atoms with Crippen LogP contribution in [0.25, 0.3) is 0 Å². The van der Waals surface area contributed by atoms with Gasteiger partial charge in [-0.15, -0.1) is 0 Å². The van der Waals surface area contributed by atoms with Gasteiger partial charge >= 0.3 is 12.1 Å². The molecule has 0 spiro atoms. The molecule has 2 aliphatic rings. The molecule has 0 aliphatic carbocycles. The number of nitrogens with one attached hydrogen (secondary N) is 1. The van der Waals surface area contributed by atoms with Crippen LogP contribution in [-0.2, 0) is 11.2 Å². The van der Waals surface area contributed by atoms with Crippen LogP contribution in [0.5, 0.6) is 0 Å². The van der Waals surface area contributed by atoms with Gasteiger partial charge in [0, 0.05) is 25.7 Å². The van der Waals surface area contributed by atoms with E-state index in [1.807, 2.05) is 11.0 Å². The minimum Gasteiger partial charge on any atom is -0.475 e. The molecule has 2 N–H and O–H groups in total. The first kappa shape index (κ1) is 18.8. The fourth-order valence-corrected chi connectivity index (χ4v) is 3.02. The molecule has 1 amide bonds. The van der Waals surface area contributed by atoms with E-state index in [1.165, 1.54) is 0 Å². The molecule has 2 heterocycles. The van der Waals surface area contributed by atoms with Crippen molar-refractivity contribution in [2.24, 2.45) is 0 Å². The first-order valence-electron chi connectivity index (χ1n) is 6.91. The third-order valence-electron chi connectivity index (χ3n) is 3.70. The van der Waals surface area contributed by atoms with Crippen LogP contribution >= 0.6 is 23.2 Å². The largest absolute Gasteiger partial charge is 0.490 e. The summed E-state index contributed by atoms with van der Waals surface area (Å²) in [6.45, 7) is 2.44. The number of alkyl halides is 3. The van der Waals surface area contributed by atoms with Crippen molar-refractivity contribution in [2.75, 3.05) is 19.6 Å². The summed E-state index contributed by atoms with van der Waals surface area (Å²) in [6, 6.07) is 3.93. The number of carbonyl (C=O) groups excluding carboxylic acids is 1. The fraction of sp³-hybridized carbons (Fsp3) is 0.429. The maximum Gasteiger partial charge on any atom is 0.490 e. The van der Waals surface area contributed by atoms with Crippen LogP contribution < -0.4 is 5.32 Å². The molecule has 1 saturated heterocycles. The minimum absolute atomic E-state index is 0.0188. The number of carboxylic acid groups (broad SMARTS) is 1. The fourth-order valence-electron chi connectivity index (χ4n) is 2.60. The molecule has 132 valence electrons. The molecule has 0 bridgehead atoms. The van der Waals surface area contributed by atoms with Crippen molar-refractivity contribution < 1.29 is 27.9 Å². The number of halogens is 5. The van der Waals surface area contributed by atoms with Gasteiger partial charge < -0.3 is 15.3 Å². The van der Waals surface area contributed by atoms with E-state index in [0.717, 1.165) is 31.6 Å². The van der Waals surface area contributed by atoms with E-state index in [4.69, 9.17) is 33.1 Å². The van der Waals surface area contributed by atoms with Crippen molar-refractivity contribution in [3.05, 3.63) is 33.3 Å². The zero-order valence-electron chi connectivity index (χ0n) is 12.2. The van der Waals surface area contributed by atoms with Gasteiger partial charge in [-0.2, -0.15) is 13.2 Å². The lowest BCUT2D eigenvalue weighted by atomic mass is 9.92. The number of aliphatic carboxylic acids is 1. The summed E-state index contributed by atoms with van der Waals surface area (Å²) in [7, 11) is 0. The molecule has 0 aromatic heterocycles. The summed E-state index contributed by atoms with van der Waals surface area (Å²) in [4.78, 5) is 23.2. The van der Waals surface area contributed by atoms with Gasteiger partial charge in [0.2, 0.25) is 0 Å². The number of amides is 1. The second-order valence-electron chi connectivity index (χ2n) is 5.26. The number of fused-ring (bicyclic) bond motifs is 2. The molecule has 0 unspecified atom stereocenters. The highest BCUT2D eigenvalue weighted by Crippen LogP contribution is 2.34. The molecular formula is C14H13Cl2F3N2O3. The zero-order chi connectivity index (χ0) is 18.1. The second-order valence-corrected chi connectivity index (χ2v) is 6.04. The lowest BCUT2D eigenvalue weighted by Gasteiger charge is -2.40. The SMILES string of the molecule is O=C(O)C(F)(F)F.O=C1c2c(ccc(Cl)c2Cl)C[C@@H]2CNCCN12. The number of hydrogen-bond acceptors (Lipinski definition) is 3. The first-order chi connectivity index (χ1) is 11.1. The number of nitrogens with zero attached hydrogens (tertiary/aromatic N) is 1. The summed E-state index contributed by atoms with van der Waals surface area (Å²) in [5.74, 6) is -2.74. The van der Waals surface area contributed by atoms with E-state index >= 15 is 0 Å². The van der Waals surface area contributed by atoms with Crippen molar-refractivity contribution in [3.8, 4) is 0 Å². The van der Waals surface area contributed by atoms with Crippen molar-refractivity contribution in [2.45, 2.75) is 18.6 Å². The van der Waals surface area contributed by atoms with Gasteiger partial charge in [-0.05, 0) is 18.1 Å². The third kappa shape index (κ3) is 3.93. The van der Waals surface area contributed by atoms with Crippen LogP contribution in [0.3, 0.4) is 0 Å². The Bertz CT molecular complexity index is 667. The van der Waals surface area contributed by atoms with Crippen molar-refractivity contribution >= 4 is 35.1 Å². The molecule has 0 radical (unpaired) electrons. The predicted octanol–water partition coefficient (Wildman–Crippen LogP) is 2.60. The number of piperazine rings is 1. The summed E-state index contributed by atoms with van der Waals surface area (Å²) < 4.78 is 31.7. The number of rotatable bonds is 0. The smallest absolute Gasteiger partial charge is 0.475 e. The summed E-state index contributed by atoms with van der Waals surface area (Å²) in [5.41, 5.74) is 1.60. The average Bonchev–Trinajstić information content (AvgIpc) is 2.51. The second kappa shape index (κ2) is 7.16. The average molecular weight is 385 g/mol. The maximum absolute atomic E-state index is 12.4. The number of benzene rings is 1. The van der Waals surface area contributed by atoms with Crippen LogP contribution in [0.4, 0.5) is 13.2 Å². The van der Waals surface area contributed by atoms with Crippen molar-refractivity contribution in [1.82, 2.24) is 10.2 Å². The highest BCUT2D eigenvalue weighted by atomic mass is 35.5. The van der Waals surface area contributed by atoms with Crippen LogP contribution in [0.2, 0.25) is 10.0 Å². The Morgan fingerprint density at radius 1 is 1.33 bits per heavy atom. The normalized spacial score (nSPS) is 19.8. The van der Waals surface area contributed by atoms with Gasteiger partial charge in [0.15, 0.2) is 0 Å². The Morgan fingerprint density at radius 2 is 1.96 bits per heavy atom. The van der Waals surface area contributed by atoms with Crippen molar-refractivity contribution in [1.29, 1.82) is 0 Å². The van der Waals surface area contributed by atoms with E-state index in [0.29, 0.717) is 15.6 Å². The molecule has 1 aromatic carbocycles. The quantitative estimate of drug-likeness (QED) is 0.721. The maximum atomic E-state index is 12.4. The lowest BCUT2D eigenvalue weighted by Crippen LogP contribution is -2.56. The Labute approximate surface area is 145 Å². The van der Waals surface area contributed by atoms with Gasteiger partial charge in [-0.1, -0.05) is 29.3 Å². The molecule has 0 saturated carbocycles. The molecule has 1 aromatic rings. The Kier molecular flexibility index (Phi) is 5.62. The standard InChI is InChI=1S/C12H12Cl2N2O.C2HF3O2/c13-9-2-1-7-5-8-6-15-3-4-16(8)12(17)10(7)11(9)14;3-2(4,5)1(6)7/h1-2,8,15H,3-6H2;(H,6,7)/t8-;/m1./s1. The van der Waals surface area contributed by atoms with Crippen molar-refractivity contribution in [3.63, 3.8) is 0 Å². The van der Waals surface area contributed by atoms with Gasteiger partial charge in [-0.25, -0.2) is 4.79 Å². The molecule has 24 heavy (non-hydrogen) atoms. The molecule has 10 heteroatoms. The number of carboxylic acids is 1. The van der Waals surface area contributed by atoms with E-state index in [9.17, 15) is 18.0 Å². The lowest BCUT2D eigenvalue weighted by molar-refractivity contribution is -0.192. The van der Waals surface area contributed by atoms with Crippen LogP contribution in [0.15, 0.2) is 12.1 Å². The topological polar surface area (TPSA) is 69.6 Å². The van der Waals surface area contributed by atoms with Gasteiger partial charge in [-0.3, -0.25) is 4.79 Å². The molecule has 2 aliphatic heterocycles. The van der Waals surface area contributed by atoms with Gasteiger partial charge in [0.25, 0.3) is 5.91 Å². The Hall–Kier alpha value is -1.51. The van der Waals surface area contributed by atoms with Gasteiger partial charge in [0.05, 0.1) is 15.6 Å². The highest BCUT2D eigenvalue weighted by Gasteiger charge is 2.38. The Balaban J connectivity index is 0.000000256. The van der Waals surface area contributed by atoms with E-state index < -0.39 is 12.1 Å². The predicted molar refractivity (Wildman–Crippen MR) is 81.6 cm³/mol. The molecular weight excluding hydrogens is 372 g/mol.